The summed E-state index contributed by atoms with van der Waals surface area (Å²) >= 11 is 0. The van der Waals surface area contributed by atoms with Gasteiger partial charge in [0.2, 0.25) is 5.91 Å². The van der Waals surface area contributed by atoms with Crippen LogP contribution in [0, 0.1) is 0 Å². The van der Waals surface area contributed by atoms with Gasteiger partial charge >= 0.3 is 0 Å². The molecule has 9 N–H and O–H groups in total. The summed E-state index contributed by atoms with van der Waals surface area (Å²) < 4.78 is 22.5. The Kier molecular flexibility index (Phi) is 29.4. The molecule has 12 unspecified atom stereocenters. The van der Waals surface area contributed by atoms with Crippen molar-refractivity contribution in [3.8, 4) is 0 Å². The van der Waals surface area contributed by atoms with Crippen molar-refractivity contribution < 1.29 is 64.6 Å². The fourth-order valence-electron chi connectivity index (χ4n) is 6.99. The number of carbonyl (C=O) groups is 1. The van der Waals surface area contributed by atoms with E-state index in [4.69, 9.17) is 18.9 Å². The standard InChI is InChI=1S/C45H79NO13/c1-3-5-7-9-11-12-13-14-15-16-17-18-19-20-21-23-25-27-29-37(50)46-33(34(49)28-26-24-22-10-8-6-4-2)32-56-44-42(55)40(53)43(36(31-48)58-44)59-45-41(54)39(52)38(51)35(30-47)57-45/h8,10,12-13,15-16,26,28,33-36,38-45,47-49,51-55H,3-7,9,11,14,17-25,27,29-32H2,1-2H3,(H,46,50)/b10-8+,13-12-,16-15-,28-26+. The molecule has 2 heterocycles. The van der Waals surface area contributed by atoms with Gasteiger partial charge in [-0.2, -0.15) is 0 Å². The first kappa shape index (κ1) is 53.1. The Balaban J connectivity index is 1.84. The Morgan fingerprint density at radius 3 is 1.81 bits per heavy atom. The van der Waals surface area contributed by atoms with Crippen LogP contribution in [0.1, 0.15) is 136 Å². The van der Waals surface area contributed by atoms with Crippen LogP contribution in [0.15, 0.2) is 48.6 Å². The van der Waals surface area contributed by atoms with Crippen LogP contribution in [0.5, 0.6) is 0 Å². The summed E-state index contributed by atoms with van der Waals surface area (Å²) in [5.41, 5.74) is 0. The van der Waals surface area contributed by atoms with Crippen LogP contribution in [-0.4, -0.2) is 140 Å². The van der Waals surface area contributed by atoms with Gasteiger partial charge in [-0.1, -0.05) is 120 Å². The number of nitrogens with one attached hydrogen (secondary N) is 1. The number of amides is 1. The second kappa shape index (κ2) is 32.6. The highest BCUT2D eigenvalue weighted by molar-refractivity contribution is 5.76. The van der Waals surface area contributed by atoms with Crippen LogP contribution in [0.3, 0.4) is 0 Å². The zero-order valence-corrected chi connectivity index (χ0v) is 35.7. The molecule has 0 bridgehead atoms. The van der Waals surface area contributed by atoms with E-state index in [2.05, 4.69) is 55.6 Å². The molecule has 2 aliphatic rings. The second-order valence-electron chi connectivity index (χ2n) is 15.8. The van der Waals surface area contributed by atoms with Crippen molar-refractivity contribution in [2.24, 2.45) is 0 Å². The maximum absolute atomic E-state index is 13.0. The van der Waals surface area contributed by atoms with E-state index in [1.807, 2.05) is 6.08 Å². The molecule has 0 aliphatic carbocycles. The third kappa shape index (κ3) is 21.1. The number of aliphatic hydroxyl groups excluding tert-OH is 8. The van der Waals surface area contributed by atoms with Crippen molar-refractivity contribution in [3.05, 3.63) is 48.6 Å². The molecule has 2 rings (SSSR count). The molecule has 59 heavy (non-hydrogen) atoms. The molecule has 2 aliphatic heterocycles. The molecule has 0 aromatic carbocycles. The molecule has 342 valence electrons. The highest BCUT2D eigenvalue weighted by Gasteiger charge is 2.50. The van der Waals surface area contributed by atoms with Crippen molar-refractivity contribution in [1.29, 1.82) is 0 Å². The van der Waals surface area contributed by atoms with E-state index in [1.165, 1.54) is 44.9 Å². The molecule has 14 nitrogen and oxygen atoms in total. The molecule has 0 aromatic rings. The first-order valence-corrected chi connectivity index (χ1v) is 22.4. The molecular formula is C45H79NO13. The minimum absolute atomic E-state index is 0.262. The Bertz CT molecular complexity index is 1180. The molecule has 0 radical (unpaired) electrons. The maximum Gasteiger partial charge on any atom is 0.220 e. The zero-order chi connectivity index (χ0) is 43.3. The van der Waals surface area contributed by atoms with Gasteiger partial charge in [0, 0.05) is 6.42 Å². The van der Waals surface area contributed by atoms with Crippen LogP contribution in [0.25, 0.3) is 0 Å². The predicted molar refractivity (Wildman–Crippen MR) is 226 cm³/mol. The highest BCUT2D eigenvalue weighted by Crippen LogP contribution is 2.30. The lowest BCUT2D eigenvalue weighted by molar-refractivity contribution is -0.359. The van der Waals surface area contributed by atoms with Crippen molar-refractivity contribution in [2.75, 3.05) is 19.8 Å². The summed E-state index contributed by atoms with van der Waals surface area (Å²) in [6.45, 7) is 2.59. The monoisotopic (exact) mass is 842 g/mol. The van der Waals surface area contributed by atoms with E-state index < -0.39 is 86.8 Å². The van der Waals surface area contributed by atoms with Gasteiger partial charge in [0.25, 0.3) is 0 Å². The topological polar surface area (TPSA) is 228 Å². The van der Waals surface area contributed by atoms with Crippen molar-refractivity contribution in [2.45, 2.75) is 209 Å². The van der Waals surface area contributed by atoms with Gasteiger partial charge in [-0.3, -0.25) is 4.79 Å². The van der Waals surface area contributed by atoms with Crippen LogP contribution in [0.2, 0.25) is 0 Å². The van der Waals surface area contributed by atoms with Crippen molar-refractivity contribution in [3.63, 3.8) is 0 Å². The third-order valence-electron chi connectivity index (χ3n) is 10.7. The normalized spacial score (nSPS) is 29.0. The summed E-state index contributed by atoms with van der Waals surface area (Å²) in [6, 6.07) is -0.932. The fourth-order valence-corrected chi connectivity index (χ4v) is 6.99. The molecule has 0 saturated carbocycles. The summed E-state index contributed by atoms with van der Waals surface area (Å²) in [7, 11) is 0. The fraction of sp³-hybridized carbons (Fsp3) is 0.800. The number of hydrogen-bond donors (Lipinski definition) is 9. The number of aliphatic hydroxyl groups is 8. The van der Waals surface area contributed by atoms with Gasteiger partial charge in [-0.05, 0) is 57.8 Å². The summed E-state index contributed by atoms with van der Waals surface area (Å²) in [5.74, 6) is -0.266. The molecule has 14 heteroatoms. The SMILES string of the molecule is CCC/C=C/CC/C=C/C(O)C(COC1OC(CO)C(OC2OC(CO)C(O)C(O)C2O)C(O)C1O)NC(=O)CCCCCCCCC/C=C\C/C=C\CCCCCC. The third-order valence-corrected chi connectivity index (χ3v) is 10.7. The van der Waals surface area contributed by atoms with Gasteiger partial charge in [-0.15, -0.1) is 0 Å². The number of ether oxygens (including phenoxy) is 4. The number of carbonyl (C=O) groups excluding carboxylic acids is 1. The minimum Gasteiger partial charge on any atom is -0.394 e. The van der Waals surface area contributed by atoms with Crippen molar-refractivity contribution >= 4 is 5.91 Å². The van der Waals surface area contributed by atoms with Crippen LogP contribution in [-0.2, 0) is 23.7 Å². The quantitative estimate of drug-likeness (QED) is 0.0343. The summed E-state index contributed by atoms with van der Waals surface area (Å²) in [6.07, 6.45) is 19.1. The van der Waals surface area contributed by atoms with E-state index in [0.29, 0.717) is 12.8 Å². The number of rotatable bonds is 32. The van der Waals surface area contributed by atoms with E-state index in [9.17, 15) is 45.6 Å². The average molecular weight is 842 g/mol. The smallest absolute Gasteiger partial charge is 0.220 e. The Morgan fingerprint density at radius 2 is 1.17 bits per heavy atom. The van der Waals surface area contributed by atoms with Gasteiger partial charge < -0.3 is 65.1 Å². The number of allylic oxidation sites excluding steroid dienone is 7. The predicted octanol–water partition coefficient (Wildman–Crippen LogP) is 4.15. The van der Waals surface area contributed by atoms with Crippen LogP contribution < -0.4 is 5.32 Å². The molecular weight excluding hydrogens is 762 g/mol. The zero-order valence-electron chi connectivity index (χ0n) is 35.7. The Labute approximate surface area is 353 Å². The van der Waals surface area contributed by atoms with Gasteiger partial charge in [0.15, 0.2) is 12.6 Å². The highest BCUT2D eigenvalue weighted by atomic mass is 16.7. The number of hydrogen-bond acceptors (Lipinski definition) is 13. The molecule has 0 spiro atoms. The second-order valence-corrected chi connectivity index (χ2v) is 15.8. The van der Waals surface area contributed by atoms with Crippen LogP contribution in [0.4, 0.5) is 0 Å². The van der Waals surface area contributed by atoms with E-state index in [0.717, 1.165) is 57.8 Å². The summed E-state index contributed by atoms with van der Waals surface area (Å²) in [5, 5.41) is 86.1. The first-order valence-electron chi connectivity index (χ1n) is 22.4. The minimum atomic E-state index is -1.79. The first-order chi connectivity index (χ1) is 28.6. The molecule has 0 aromatic heterocycles. The summed E-state index contributed by atoms with van der Waals surface area (Å²) in [4.78, 5) is 13.0. The lowest BCUT2D eigenvalue weighted by atomic mass is 9.97. The van der Waals surface area contributed by atoms with E-state index in [-0.39, 0.29) is 18.9 Å². The largest absolute Gasteiger partial charge is 0.394 e. The van der Waals surface area contributed by atoms with Gasteiger partial charge in [0.1, 0.15) is 48.8 Å². The van der Waals surface area contributed by atoms with Gasteiger partial charge in [-0.25, -0.2) is 0 Å². The molecule has 12 atom stereocenters. The van der Waals surface area contributed by atoms with Crippen molar-refractivity contribution in [1.82, 2.24) is 5.32 Å². The molecule has 2 fully saturated rings. The van der Waals surface area contributed by atoms with Gasteiger partial charge in [0.05, 0.1) is 32.0 Å². The lowest BCUT2D eigenvalue weighted by Crippen LogP contribution is -2.65. The van der Waals surface area contributed by atoms with E-state index >= 15 is 0 Å². The average Bonchev–Trinajstić information content (AvgIpc) is 3.23. The Hall–Kier alpha value is -2.05. The molecule has 2 saturated heterocycles. The molecule has 1 amide bonds. The lowest BCUT2D eigenvalue weighted by Gasteiger charge is -2.46. The van der Waals surface area contributed by atoms with Crippen LogP contribution >= 0.6 is 0 Å². The van der Waals surface area contributed by atoms with E-state index in [1.54, 1.807) is 6.08 Å². The number of unbranched alkanes of at least 4 members (excludes halogenated alkanes) is 13. The Morgan fingerprint density at radius 1 is 0.610 bits per heavy atom. The maximum atomic E-state index is 13.0.